The molecule has 0 bridgehead atoms. The van der Waals surface area contributed by atoms with E-state index in [1.807, 2.05) is 6.07 Å². The highest BCUT2D eigenvalue weighted by Crippen LogP contribution is 2.14. The Labute approximate surface area is 84.8 Å². The largest absolute Gasteiger partial charge is 0.0841 e. The number of halogens is 1. The van der Waals surface area contributed by atoms with E-state index in [1.165, 1.54) is 0 Å². The van der Waals surface area contributed by atoms with Gasteiger partial charge in [0.15, 0.2) is 0 Å². The summed E-state index contributed by atoms with van der Waals surface area (Å²) in [5.41, 5.74) is 0.268. The van der Waals surface area contributed by atoms with Gasteiger partial charge < -0.3 is 0 Å². The van der Waals surface area contributed by atoms with Crippen molar-refractivity contribution in [3.63, 3.8) is 0 Å². The maximum atomic E-state index is 7.38. The second-order valence-corrected chi connectivity index (χ2v) is 9.43. The lowest BCUT2D eigenvalue weighted by Crippen LogP contribution is -2.37. The third kappa shape index (κ3) is 2.11. The zero-order valence-corrected chi connectivity index (χ0v) is 9.37. The van der Waals surface area contributed by atoms with Crippen LogP contribution in [0.1, 0.15) is 9.68 Å². The zero-order valence-electron chi connectivity index (χ0n) is 10.6. The summed E-state index contributed by atoms with van der Waals surface area (Å²) in [5.74, 6) is 0. The summed E-state index contributed by atoms with van der Waals surface area (Å²) in [6, 6.07) is 5.36. The molecular weight excluding hydrogens is 184 g/mol. The molecular formula is C10H15ClSi. The van der Waals surface area contributed by atoms with Crippen molar-refractivity contribution in [2.24, 2.45) is 0 Å². The zero-order chi connectivity index (χ0) is 11.9. The van der Waals surface area contributed by atoms with E-state index < -0.39 is 14.9 Å². The Morgan fingerprint density at radius 1 is 1.33 bits per heavy atom. The lowest BCUT2D eigenvalue weighted by atomic mass is 10.2. The lowest BCUT2D eigenvalue weighted by molar-refractivity contribution is 1.48. The van der Waals surface area contributed by atoms with Gasteiger partial charge in [-0.25, -0.2) is 0 Å². The van der Waals surface area contributed by atoms with E-state index in [0.717, 1.165) is 5.19 Å². The first kappa shape index (κ1) is 6.22. The van der Waals surface area contributed by atoms with Gasteiger partial charge in [-0.1, -0.05) is 48.6 Å². The van der Waals surface area contributed by atoms with Crippen LogP contribution in [0.5, 0.6) is 0 Å². The van der Waals surface area contributed by atoms with Crippen molar-refractivity contribution in [1.29, 1.82) is 0 Å². The molecule has 0 saturated heterocycles. The van der Waals surface area contributed by atoms with Gasteiger partial charge in [0.05, 0.1) is 8.07 Å². The third-order valence-corrected chi connectivity index (χ3v) is 4.21. The van der Waals surface area contributed by atoms with Crippen molar-refractivity contribution >= 4 is 24.9 Å². The van der Waals surface area contributed by atoms with Crippen LogP contribution in [-0.4, -0.2) is 8.07 Å². The molecule has 0 aliphatic heterocycles. The second-order valence-electron chi connectivity index (χ2n) is 3.94. The predicted octanol–water partition coefficient (Wildman–Crippen LogP) is 3.19. The first-order chi connectivity index (χ1) is 6.62. The maximum absolute atomic E-state index is 7.38. The van der Waals surface area contributed by atoms with Crippen LogP contribution in [0, 0.1) is 6.85 Å². The van der Waals surface area contributed by atoms with E-state index in [4.69, 9.17) is 15.7 Å². The number of rotatable bonds is 1. The van der Waals surface area contributed by atoms with Crippen LogP contribution in [0.25, 0.3) is 0 Å². The Morgan fingerprint density at radius 3 is 2.50 bits per heavy atom. The van der Waals surface area contributed by atoms with Gasteiger partial charge in [-0.05, 0) is 18.5 Å². The van der Waals surface area contributed by atoms with Crippen molar-refractivity contribution in [1.82, 2.24) is 0 Å². The molecule has 0 unspecified atom stereocenters. The van der Waals surface area contributed by atoms with E-state index in [9.17, 15) is 0 Å². The highest BCUT2D eigenvalue weighted by atomic mass is 35.5. The van der Waals surface area contributed by atoms with Gasteiger partial charge >= 0.3 is 0 Å². The summed E-state index contributed by atoms with van der Waals surface area (Å²) in [6.45, 7) is 4.42. The standard InChI is InChI=1S/C10H15ClSi/c1-8-7-9(12(2,3)4)5-6-10(8)11/h5-7H,1-4H3/i1D3. The number of hydrogen-bond acceptors (Lipinski definition) is 0. The van der Waals surface area contributed by atoms with Gasteiger partial charge in [0.1, 0.15) is 0 Å². The minimum absolute atomic E-state index is 0.268. The Morgan fingerprint density at radius 2 is 2.00 bits per heavy atom. The average Bonchev–Trinajstić information content (AvgIpc) is 2.00. The minimum Gasteiger partial charge on any atom is -0.0841 e. The van der Waals surface area contributed by atoms with E-state index >= 15 is 0 Å². The van der Waals surface area contributed by atoms with Crippen LogP contribution < -0.4 is 5.19 Å². The maximum Gasteiger partial charge on any atom is 0.0776 e. The summed E-state index contributed by atoms with van der Waals surface area (Å²) in [7, 11) is -1.48. The van der Waals surface area contributed by atoms with Gasteiger partial charge in [0.25, 0.3) is 0 Å². The highest BCUT2D eigenvalue weighted by molar-refractivity contribution is 6.88. The normalized spacial score (nSPS) is 16.5. The first-order valence-corrected chi connectivity index (χ1v) is 7.80. The topological polar surface area (TPSA) is 0 Å². The summed E-state index contributed by atoms with van der Waals surface area (Å²) in [6.07, 6.45) is 0. The van der Waals surface area contributed by atoms with Gasteiger partial charge in [-0.2, -0.15) is 0 Å². The van der Waals surface area contributed by atoms with Crippen LogP contribution in [0.3, 0.4) is 0 Å². The fraction of sp³-hybridized carbons (Fsp3) is 0.400. The molecule has 1 aromatic carbocycles. The lowest BCUT2D eigenvalue weighted by Gasteiger charge is -2.17. The molecule has 0 aliphatic rings. The fourth-order valence-corrected chi connectivity index (χ4v) is 2.27. The Bertz CT molecular complexity index is 366. The Balaban J connectivity index is 3.30. The molecule has 0 nitrogen and oxygen atoms in total. The molecule has 12 heavy (non-hydrogen) atoms. The SMILES string of the molecule is [2H]C([2H])([2H])c1cc([Si](C)(C)C)ccc1Cl. The molecule has 1 aromatic rings. The van der Waals surface area contributed by atoms with Crippen LogP contribution in [-0.2, 0) is 0 Å². The van der Waals surface area contributed by atoms with E-state index in [1.54, 1.807) is 12.1 Å². The van der Waals surface area contributed by atoms with Gasteiger partial charge in [-0.15, -0.1) is 0 Å². The second kappa shape index (κ2) is 3.23. The Hall–Kier alpha value is -0.273. The molecule has 0 amide bonds. The van der Waals surface area contributed by atoms with Gasteiger partial charge in [-0.3, -0.25) is 0 Å². The fourth-order valence-electron chi connectivity index (χ4n) is 0.992. The Kier molecular flexibility index (Phi) is 1.67. The summed E-state index contributed by atoms with van der Waals surface area (Å²) < 4.78 is 22.1. The molecule has 0 fully saturated rings. The predicted molar refractivity (Wildman–Crippen MR) is 59.2 cm³/mol. The number of benzene rings is 1. The van der Waals surface area contributed by atoms with Gasteiger partial charge in [0, 0.05) is 9.13 Å². The average molecular weight is 202 g/mol. The van der Waals surface area contributed by atoms with E-state index in [-0.39, 0.29) is 5.56 Å². The molecule has 2 heteroatoms. The van der Waals surface area contributed by atoms with E-state index in [2.05, 4.69) is 19.6 Å². The van der Waals surface area contributed by atoms with Crippen molar-refractivity contribution in [3.8, 4) is 0 Å². The van der Waals surface area contributed by atoms with Crippen LogP contribution in [0.2, 0.25) is 24.7 Å². The smallest absolute Gasteiger partial charge is 0.0776 e. The number of aryl methyl sites for hydroxylation is 1. The molecule has 0 saturated carbocycles. The molecule has 0 aromatic heterocycles. The molecule has 0 aliphatic carbocycles. The van der Waals surface area contributed by atoms with Crippen LogP contribution in [0.4, 0.5) is 0 Å². The summed E-state index contributed by atoms with van der Waals surface area (Å²) in [4.78, 5) is 0. The molecule has 1 rings (SSSR count). The van der Waals surface area contributed by atoms with Crippen LogP contribution >= 0.6 is 11.6 Å². The summed E-state index contributed by atoms with van der Waals surface area (Å²) >= 11 is 5.89. The monoisotopic (exact) mass is 201 g/mol. The molecule has 0 N–H and O–H groups in total. The van der Waals surface area contributed by atoms with Crippen molar-refractivity contribution in [2.45, 2.75) is 26.5 Å². The molecule has 0 radical (unpaired) electrons. The molecule has 0 spiro atoms. The quantitative estimate of drug-likeness (QED) is 0.613. The first-order valence-electron chi connectivity index (χ1n) is 5.43. The number of hydrogen-bond donors (Lipinski definition) is 0. The van der Waals surface area contributed by atoms with Crippen LogP contribution in [0.15, 0.2) is 18.2 Å². The molecule has 0 heterocycles. The summed E-state index contributed by atoms with van der Waals surface area (Å²) in [5, 5.41) is 1.45. The van der Waals surface area contributed by atoms with E-state index in [0.29, 0.717) is 5.02 Å². The van der Waals surface area contributed by atoms with Gasteiger partial charge in [0.2, 0.25) is 0 Å². The minimum atomic E-state index is -2.12. The molecule has 66 valence electrons. The molecule has 0 atom stereocenters. The van der Waals surface area contributed by atoms with Crippen molar-refractivity contribution < 1.29 is 4.11 Å². The van der Waals surface area contributed by atoms with Crippen molar-refractivity contribution in [2.75, 3.05) is 0 Å². The third-order valence-electron chi connectivity index (χ3n) is 1.83. The highest BCUT2D eigenvalue weighted by Gasteiger charge is 2.16. The van der Waals surface area contributed by atoms with Crippen molar-refractivity contribution in [3.05, 3.63) is 28.8 Å².